The molecule has 8 nitrogen and oxygen atoms in total. The summed E-state index contributed by atoms with van der Waals surface area (Å²) in [5.74, 6) is 0.607. The fourth-order valence-corrected chi connectivity index (χ4v) is 4.23. The Morgan fingerprint density at radius 1 is 1.09 bits per heavy atom. The van der Waals surface area contributed by atoms with Crippen LogP contribution < -0.4 is 10.1 Å². The number of carbonyl (C=O) groups is 2. The largest absolute Gasteiger partial charge is 0.492 e. The fourth-order valence-electron chi connectivity index (χ4n) is 2.88. The molecule has 0 aliphatic rings. The van der Waals surface area contributed by atoms with Crippen LogP contribution in [0.1, 0.15) is 22.6 Å². The van der Waals surface area contributed by atoms with Gasteiger partial charge in [-0.05, 0) is 42.8 Å². The maximum absolute atomic E-state index is 12.4. The highest BCUT2D eigenvalue weighted by atomic mass is 35.5. The lowest BCUT2D eigenvalue weighted by atomic mass is 10.2. The molecule has 34 heavy (non-hydrogen) atoms. The number of hydrogen-bond acceptors (Lipinski definition) is 7. The molecule has 1 amide bonds. The molecular formula is C22H21Cl3N4O4S. The van der Waals surface area contributed by atoms with Crippen LogP contribution in [0.5, 0.6) is 5.75 Å². The molecule has 3 aromatic rings. The zero-order valence-electron chi connectivity index (χ0n) is 18.3. The molecular weight excluding hydrogens is 523 g/mol. The zero-order chi connectivity index (χ0) is 24.7. The molecule has 12 heteroatoms. The summed E-state index contributed by atoms with van der Waals surface area (Å²) in [6, 6.07) is 9.59. The Kier molecular flexibility index (Phi) is 9.46. The van der Waals surface area contributed by atoms with E-state index in [0.717, 1.165) is 5.82 Å². The van der Waals surface area contributed by atoms with Crippen LogP contribution in [-0.4, -0.2) is 46.1 Å². The van der Waals surface area contributed by atoms with Crippen LogP contribution in [0.15, 0.2) is 41.6 Å². The van der Waals surface area contributed by atoms with Crippen LogP contribution in [0.25, 0.3) is 0 Å². The van der Waals surface area contributed by atoms with Crippen molar-refractivity contribution in [1.82, 2.24) is 14.8 Å². The predicted molar refractivity (Wildman–Crippen MR) is 133 cm³/mol. The Bertz CT molecular complexity index is 1190. The van der Waals surface area contributed by atoms with Gasteiger partial charge in [0.1, 0.15) is 11.6 Å². The molecule has 1 N–H and O–H groups in total. The first-order valence-corrected chi connectivity index (χ1v) is 12.2. The van der Waals surface area contributed by atoms with Gasteiger partial charge in [0.2, 0.25) is 5.91 Å². The van der Waals surface area contributed by atoms with E-state index in [4.69, 9.17) is 39.5 Å². The lowest BCUT2D eigenvalue weighted by Gasteiger charge is -2.09. The number of amides is 1. The molecule has 0 fully saturated rings. The number of hydrogen-bond donors (Lipinski definition) is 1. The molecule has 0 aliphatic carbocycles. The molecule has 1 aromatic heterocycles. The maximum Gasteiger partial charge on any atom is 0.337 e. The van der Waals surface area contributed by atoms with Crippen LogP contribution in [0.2, 0.25) is 15.1 Å². The molecule has 180 valence electrons. The summed E-state index contributed by atoms with van der Waals surface area (Å²) < 4.78 is 12.2. The van der Waals surface area contributed by atoms with Crippen LogP contribution in [0.4, 0.5) is 5.69 Å². The van der Waals surface area contributed by atoms with Gasteiger partial charge >= 0.3 is 5.97 Å². The van der Waals surface area contributed by atoms with Gasteiger partial charge in [-0.3, -0.25) is 4.79 Å². The number of aryl methyl sites for hydroxylation is 1. The first-order chi connectivity index (χ1) is 16.3. The van der Waals surface area contributed by atoms with Gasteiger partial charge in [0, 0.05) is 18.5 Å². The number of methoxy groups -OCH3 is 1. The number of esters is 1. The van der Waals surface area contributed by atoms with Crippen molar-refractivity contribution in [3.05, 3.63) is 62.9 Å². The van der Waals surface area contributed by atoms with Crippen molar-refractivity contribution < 1.29 is 19.1 Å². The molecule has 3 rings (SSSR count). The van der Waals surface area contributed by atoms with Gasteiger partial charge in [-0.25, -0.2) is 4.79 Å². The molecule has 0 radical (unpaired) electrons. The summed E-state index contributed by atoms with van der Waals surface area (Å²) in [5, 5.41) is 13.0. The third-order valence-electron chi connectivity index (χ3n) is 4.62. The zero-order valence-corrected chi connectivity index (χ0v) is 21.4. The van der Waals surface area contributed by atoms with Crippen molar-refractivity contribution in [1.29, 1.82) is 0 Å². The molecule has 0 spiro atoms. The molecule has 0 atom stereocenters. The van der Waals surface area contributed by atoms with Crippen molar-refractivity contribution >= 4 is 64.1 Å². The molecule has 0 saturated carbocycles. The van der Waals surface area contributed by atoms with Gasteiger partial charge in [0.15, 0.2) is 5.16 Å². The Morgan fingerprint density at radius 3 is 2.62 bits per heavy atom. The minimum absolute atomic E-state index is 0.0862. The predicted octanol–water partition coefficient (Wildman–Crippen LogP) is 5.30. The second-order valence-electron chi connectivity index (χ2n) is 7.01. The summed E-state index contributed by atoms with van der Waals surface area (Å²) in [4.78, 5) is 24.1. The minimum Gasteiger partial charge on any atom is -0.492 e. The number of benzene rings is 2. The number of halogens is 3. The number of nitrogens with one attached hydrogen (secondary N) is 1. The van der Waals surface area contributed by atoms with Crippen LogP contribution in [-0.2, 0) is 23.0 Å². The van der Waals surface area contributed by atoms with Crippen molar-refractivity contribution in [2.75, 3.05) is 24.8 Å². The first kappa shape index (κ1) is 26.2. The molecule has 2 aromatic carbocycles. The molecule has 1 heterocycles. The molecule has 0 aliphatic heterocycles. The summed E-state index contributed by atoms with van der Waals surface area (Å²) in [7, 11) is 3.12. The van der Waals surface area contributed by atoms with Crippen molar-refractivity contribution in [3.8, 4) is 5.75 Å². The van der Waals surface area contributed by atoms with E-state index < -0.39 is 5.97 Å². The van der Waals surface area contributed by atoms with E-state index in [1.807, 2.05) is 11.6 Å². The van der Waals surface area contributed by atoms with Gasteiger partial charge in [-0.1, -0.05) is 46.6 Å². The van der Waals surface area contributed by atoms with E-state index in [1.165, 1.54) is 37.1 Å². The van der Waals surface area contributed by atoms with Gasteiger partial charge < -0.3 is 19.4 Å². The standard InChI is InChI=1S/C22H21Cl3N4O4S/c1-29-19(4-3-9-33-18-8-6-14(23)11-16(18)25)27-28-22(29)34-12-20(30)26-17-10-13(21(31)32-2)5-7-15(17)24/h5-8,10-11H,3-4,9,12H2,1-2H3,(H,26,30). The quantitative estimate of drug-likeness (QED) is 0.210. The monoisotopic (exact) mass is 542 g/mol. The fraction of sp³-hybridized carbons (Fsp3) is 0.273. The highest BCUT2D eigenvalue weighted by Gasteiger charge is 2.14. The van der Waals surface area contributed by atoms with Gasteiger partial charge in [0.25, 0.3) is 0 Å². The third kappa shape index (κ3) is 7.02. The number of aromatic nitrogens is 3. The van der Waals surface area contributed by atoms with Crippen LogP contribution >= 0.6 is 46.6 Å². The van der Waals surface area contributed by atoms with Crippen molar-refractivity contribution in [2.45, 2.75) is 18.0 Å². The van der Waals surface area contributed by atoms with Crippen LogP contribution in [0, 0.1) is 0 Å². The van der Waals surface area contributed by atoms with Crippen molar-refractivity contribution in [3.63, 3.8) is 0 Å². The first-order valence-electron chi connectivity index (χ1n) is 10.0. The third-order valence-corrected chi connectivity index (χ3v) is 6.50. The minimum atomic E-state index is -0.519. The van der Waals surface area contributed by atoms with Crippen molar-refractivity contribution in [2.24, 2.45) is 7.05 Å². The van der Waals surface area contributed by atoms with E-state index >= 15 is 0 Å². The second-order valence-corrected chi connectivity index (χ2v) is 9.20. The second kappa shape index (κ2) is 12.3. The van der Waals surface area contributed by atoms with Gasteiger partial charge in [-0.2, -0.15) is 0 Å². The summed E-state index contributed by atoms with van der Waals surface area (Å²) in [5.41, 5.74) is 0.615. The number of carbonyl (C=O) groups excluding carboxylic acids is 2. The van der Waals surface area contributed by atoms with E-state index in [-0.39, 0.29) is 17.2 Å². The van der Waals surface area contributed by atoms with E-state index in [2.05, 4.69) is 20.3 Å². The average Bonchev–Trinajstić information content (AvgIpc) is 3.16. The number of nitrogens with zero attached hydrogens (tertiary/aromatic N) is 3. The lowest BCUT2D eigenvalue weighted by molar-refractivity contribution is -0.113. The summed E-state index contributed by atoms with van der Waals surface area (Å²) in [6.45, 7) is 0.449. The average molecular weight is 544 g/mol. The highest BCUT2D eigenvalue weighted by molar-refractivity contribution is 7.99. The van der Waals surface area contributed by atoms with Crippen LogP contribution in [0.3, 0.4) is 0 Å². The number of thioether (sulfide) groups is 1. The van der Waals surface area contributed by atoms with E-state index in [1.54, 1.807) is 18.2 Å². The Balaban J connectivity index is 1.48. The number of ether oxygens (including phenoxy) is 2. The summed E-state index contributed by atoms with van der Waals surface area (Å²) in [6.07, 6.45) is 1.34. The SMILES string of the molecule is COC(=O)c1ccc(Cl)c(NC(=O)CSc2nnc(CCCOc3ccc(Cl)cc3Cl)n2C)c1. The van der Waals surface area contributed by atoms with Gasteiger partial charge in [0.05, 0.1) is 40.8 Å². The molecule has 0 unspecified atom stereocenters. The smallest absolute Gasteiger partial charge is 0.337 e. The van der Waals surface area contributed by atoms with Gasteiger partial charge in [-0.15, -0.1) is 10.2 Å². The Hall–Kier alpha value is -2.46. The van der Waals surface area contributed by atoms with E-state index in [9.17, 15) is 9.59 Å². The normalized spacial score (nSPS) is 10.7. The molecule has 0 bridgehead atoms. The van der Waals surface area contributed by atoms with E-state index in [0.29, 0.717) is 51.1 Å². The lowest BCUT2D eigenvalue weighted by Crippen LogP contribution is -2.15. The number of rotatable bonds is 10. The maximum atomic E-state index is 12.4. The summed E-state index contributed by atoms with van der Waals surface area (Å²) >= 11 is 19.4. The Labute approximate surface area is 215 Å². The Morgan fingerprint density at radius 2 is 1.88 bits per heavy atom. The highest BCUT2D eigenvalue weighted by Crippen LogP contribution is 2.28. The topological polar surface area (TPSA) is 95.3 Å². The molecule has 0 saturated heterocycles. The number of anilines is 1.